The highest BCUT2D eigenvalue weighted by Gasteiger charge is 2.46. The van der Waals surface area contributed by atoms with Crippen molar-refractivity contribution in [1.29, 1.82) is 0 Å². The summed E-state index contributed by atoms with van der Waals surface area (Å²) in [6.07, 6.45) is 2.93. The molecule has 0 aliphatic heterocycles. The Labute approximate surface area is 86.1 Å². The average Bonchev–Trinajstić information content (AvgIpc) is 2.82. The zero-order chi connectivity index (χ0) is 10.5. The zero-order valence-corrected chi connectivity index (χ0v) is 8.06. The summed E-state index contributed by atoms with van der Waals surface area (Å²) in [5.41, 5.74) is 7.23. The van der Waals surface area contributed by atoms with Crippen LogP contribution < -0.4 is 5.73 Å². The number of Topliss-reactive ketones (excluding diaryl/α,β-unsaturated/α-hetero) is 1. The predicted molar refractivity (Wildman–Crippen MR) is 54.5 cm³/mol. The summed E-state index contributed by atoms with van der Waals surface area (Å²) < 4.78 is 5.14. The van der Waals surface area contributed by atoms with Gasteiger partial charge in [-0.2, -0.15) is 0 Å². The molecular formula is C11H10N2O2. The van der Waals surface area contributed by atoms with E-state index >= 15 is 0 Å². The number of oxazole rings is 1. The second-order valence-electron chi connectivity index (χ2n) is 4.02. The number of rotatable bonds is 2. The lowest BCUT2D eigenvalue weighted by atomic mass is 10.0. The molecule has 1 saturated carbocycles. The molecule has 1 aromatic heterocycles. The van der Waals surface area contributed by atoms with E-state index in [1.807, 2.05) is 0 Å². The first-order valence-electron chi connectivity index (χ1n) is 4.86. The van der Waals surface area contributed by atoms with E-state index in [1.165, 1.54) is 6.39 Å². The minimum atomic E-state index is -0.617. The van der Waals surface area contributed by atoms with Gasteiger partial charge in [0.25, 0.3) is 0 Å². The SMILES string of the molecule is NC1(C(=O)c2ccc3ncoc3c2)CC1. The van der Waals surface area contributed by atoms with Crippen LogP contribution in [0.15, 0.2) is 29.0 Å². The van der Waals surface area contributed by atoms with Gasteiger partial charge in [-0.3, -0.25) is 4.79 Å². The summed E-state index contributed by atoms with van der Waals surface area (Å²) in [6.45, 7) is 0. The van der Waals surface area contributed by atoms with Gasteiger partial charge in [-0.1, -0.05) is 0 Å². The molecule has 1 heterocycles. The monoisotopic (exact) mass is 202 g/mol. The summed E-state index contributed by atoms with van der Waals surface area (Å²) in [5.74, 6) is 0.000741. The minimum absolute atomic E-state index is 0.000741. The molecule has 0 bridgehead atoms. The topological polar surface area (TPSA) is 69.1 Å². The van der Waals surface area contributed by atoms with Crippen LogP contribution in [0.5, 0.6) is 0 Å². The molecule has 3 rings (SSSR count). The van der Waals surface area contributed by atoms with Crippen molar-refractivity contribution in [3.05, 3.63) is 30.2 Å². The van der Waals surface area contributed by atoms with Crippen LogP contribution >= 0.6 is 0 Å². The smallest absolute Gasteiger partial charge is 0.182 e. The molecule has 2 aromatic rings. The van der Waals surface area contributed by atoms with Crippen LogP contribution in [0.25, 0.3) is 11.1 Å². The molecule has 0 spiro atoms. The number of aromatic nitrogens is 1. The second kappa shape index (κ2) is 2.67. The Bertz CT molecular complexity index is 540. The number of nitrogens with two attached hydrogens (primary N) is 1. The van der Waals surface area contributed by atoms with E-state index in [9.17, 15) is 4.79 Å². The Kier molecular flexibility index (Phi) is 1.53. The normalized spacial score (nSPS) is 17.9. The molecule has 0 saturated heterocycles. The summed E-state index contributed by atoms with van der Waals surface area (Å²) in [4.78, 5) is 15.9. The van der Waals surface area contributed by atoms with Gasteiger partial charge in [0.1, 0.15) is 5.52 Å². The molecule has 4 nitrogen and oxygen atoms in total. The van der Waals surface area contributed by atoms with Crippen molar-refractivity contribution >= 4 is 16.9 Å². The van der Waals surface area contributed by atoms with Crippen LogP contribution in [-0.4, -0.2) is 16.3 Å². The number of ketones is 1. The van der Waals surface area contributed by atoms with E-state index in [-0.39, 0.29) is 5.78 Å². The summed E-state index contributed by atoms with van der Waals surface area (Å²) in [6, 6.07) is 5.23. The molecule has 0 amide bonds. The summed E-state index contributed by atoms with van der Waals surface area (Å²) in [7, 11) is 0. The Morgan fingerprint density at radius 3 is 3.00 bits per heavy atom. The lowest BCUT2D eigenvalue weighted by Crippen LogP contribution is -2.32. The third-order valence-corrected chi connectivity index (χ3v) is 2.83. The predicted octanol–water partition coefficient (Wildman–Crippen LogP) is 1.50. The van der Waals surface area contributed by atoms with Gasteiger partial charge in [-0.15, -0.1) is 0 Å². The number of nitrogens with zero attached hydrogens (tertiary/aromatic N) is 1. The average molecular weight is 202 g/mol. The van der Waals surface area contributed by atoms with Gasteiger partial charge < -0.3 is 10.2 Å². The highest BCUT2D eigenvalue weighted by molar-refractivity contribution is 6.06. The molecule has 1 aromatic carbocycles. The van der Waals surface area contributed by atoms with E-state index in [0.717, 1.165) is 18.4 Å². The Balaban J connectivity index is 2.07. The van der Waals surface area contributed by atoms with Crippen LogP contribution in [0.4, 0.5) is 0 Å². The van der Waals surface area contributed by atoms with Crippen LogP contribution in [0.3, 0.4) is 0 Å². The lowest BCUT2D eigenvalue weighted by molar-refractivity contribution is 0.0949. The fraction of sp³-hybridized carbons (Fsp3) is 0.273. The van der Waals surface area contributed by atoms with Gasteiger partial charge in [0.05, 0.1) is 5.54 Å². The quantitative estimate of drug-likeness (QED) is 0.749. The first kappa shape index (κ1) is 8.61. The van der Waals surface area contributed by atoms with Crippen LogP contribution in [0.1, 0.15) is 23.2 Å². The van der Waals surface area contributed by atoms with Gasteiger partial charge in [0, 0.05) is 5.56 Å². The fourth-order valence-corrected chi connectivity index (χ4v) is 1.65. The van der Waals surface area contributed by atoms with Crippen LogP contribution in [0, 0.1) is 0 Å². The number of benzene rings is 1. The van der Waals surface area contributed by atoms with E-state index in [2.05, 4.69) is 4.98 Å². The summed E-state index contributed by atoms with van der Waals surface area (Å²) >= 11 is 0. The fourth-order valence-electron chi connectivity index (χ4n) is 1.65. The van der Waals surface area contributed by atoms with Crippen molar-refractivity contribution in [2.75, 3.05) is 0 Å². The Morgan fingerprint density at radius 1 is 1.47 bits per heavy atom. The minimum Gasteiger partial charge on any atom is -0.443 e. The third kappa shape index (κ3) is 1.26. The molecule has 0 atom stereocenters. The van der Waals surface area contributed by atoms with Gasteiger partial charge in [0.2, 0.25) is 0 Å². The van der Waals surface area contributed by atoms with Crippen molar-refractivity contribution < 1.29 is 9.21 Å². The Hall–Kier alpha value is -1.68. The number of carbonyl (C=O) groups excluding carboxylic acids is 1. The number of hydrogen-bond donors (Lipinski definition) is 1. The Morgan fingerprint density at radius 2 is 2.27 bits per heavy atom. The molecule has 0 unspecified atom stereocenters. The van der Waals surface area contributed by atoms with Crippen LogP contribution in [-0.2, 0) is 0 Å². The van der Waals surface area contributed by atoms with E-state index in [0.29, 0.717) is 11.1 Å². The molecule has 1 fully saturated rings. The molecule has 1 aliphatic carbocycles. The number of hydrogen-bond acceptors (Lipinski definition) is 4. The van der Waals surface area contributed by atoms with Gasteiger partial charge in [0.15, 0.2) is 17.8 Å². The maximum absolute atomic E-state index is 11.9. The first-order chi connectivity index (χ1) is 7.19. The van der Waals surface area contributed by atoms with Crippen molar-refractivity contribution in [3.8, 4) is 0 Å². The highest BCUT2D eigenvalue weighted by atomic mass is 16.3. The molecular weight excluding hydrogens is 192 g/mol. The second-order valence-corrected chi connectivity index (χ2v) is 4.02. The van der Waals surface area contributed by atoms with Crippen molar-refractivity contribution in [3.63, 3.8) is 0 Å². The standard InChI is InChI=1S/C11H10N2O2/c12-11(3-4-11)10(14)7-1-2-8-9(5-7)15-6-13-8/h1-2,5-6H,3-4,12H2. The van der Waals surface area contributed by atoms with Gasteiger partial charge in [-0.25, -0.2) is 4.98 Å². The molecule has 4 heteroatoms. The van der Waals surface area contributed by atoms with Gasteiger partial charge >= 0.3 is 0 Å². The van der Waals surface area contributed by atoms with Crippen LogP contribution in [0.2, 0.25) is 0 Å². The first-order valence-corrected chi connectivity index (χ1v) is 4.86. The number of carbonyl (C=O) groups is 1. The lowest BCUT2D eigenvalue weighted by Gasteiger charge is -2.06. The van der Waals surface area contributed by atoms with E-state index in [4.69, 9.17) is 10.2 Å². The van der Waals surface area contributed by atoms with Gasteiger partial charge in [-0.05, 0) is 31.0 Å². The largest absolute Gasteiger partial charge is 0.443 e. The van der Waals surface area contributed by atoms with E-state index in [1.54, 1.807) is 18.2 Å². The molecule has 2 N–H and O–H groups in total. The maximum Gasteiger partial charge on any atom is 0.182 e. The maximum atomic E-state index is 11.9. The molecule has 76 valence electrons. The highest BCUT2D eigenvalue weighted by Crippen LogP contribution is 2.35. The summed E-state index contributed by atoms with van der Waals surface area (Å²) in [5, 5.41) is 0. The third-order valence-electron chi connectivity index (χ3n) is 2.83. The zero-order valence-electron chi connectivity index (χ0n) is 8.06. The number of fused-ring (bicyclic) bond motifs is 1. The molecule has 1 aliphatic rings. The van der Waals surface area contributed by atoms with Crippen molar-refractivity contribution in [1.82, 2.24) is 4.98 Å². The van der Waals surface area contributed by atoms with Crippen molar-refractivity contribution in [2.45, 2.75) is 18.4 Å². The molecule has 15 heavy (non-hydrogen) atoms. The molecule has 0 radical (unpaired) electrons. The van der Waals surface area contributed by atoms with Crippen molar-refractivity contribution in [2.24, 2.45) is 5.73 Å². The van der Waals surface area contributed by atoms with E-state index < -0.39 is 5.54 Å².